The molecule has 0 saturated heterocycles. The molecular weight excluding hydrogens is 394 g/mol. The zero-order valence-corrected chi connectivity index (χ0v) is 17.9. The summed E-state index contributed by atoms with van der Waals surface area (Å²) < 4.78 is 12.6. The molecule has 1 aromatic carbocycles. The van der Waals surface area contributed by atoms with Gasteiger partial charge in [0.05, 0.1) is 41.7 Å². The Morgan fingerprint density at radius 1 is 1.19 bits per heavy atom. The summed E-state index contributed by atoms with van der Waals surface area (Å²) in [7, 11) is 1.58. The second-order valence-electron chi connectivity index (χ2n) is 7.36. The summed E-state index contributed by atoms with van der Waals surface area (Å²) in [6, 6.07) is 10.9. The number of rotatable bonds is 6. The van der Waals surface area contributed by atoms with E-state index in [1.54, 1.807) is 30.9 Å². The standard InChI is InChI=1S/C24H23N3O4/c1-5-21(28)18-10-16-11-19(23-14(2)26-31-15(23)3)22(30-4)12-20(16)27(24(18)29)13-17-8-6-7-9-25-17/h6-12H,5,13H2,1-4H3. The lowest BCUT2D eigenvalue weighted by Gasteiger charge is -2.16. The number of carbonyl (C=O) groups is 1. The van der Waals surface area contributed by atoms with Crippen molar-refractivity contribution in [2.24, 2.45) is 0 Å². The fraction of sp³-hybridized carbons (Fsp3) is 0.250. The van der Waals surface area contributed by atoms with E-state index in [1.165, 1.54) is 0 Å². The van der Waals surface area contributed by atoms with E-state index in [-0.39, 0.29) is 29.9 Å². The Bertz CT molecular complexity index is 1320. The number of hydrogen-bond donors (Lipinski definition) is 0. The van der Waals surface area contributed by atoms with Crippen LogP contribution in [-0.4, -0.2) is 27.6 Å². The predicted octanol–water partition coefficient (Wildman–Crippen LogP) is 4.32. The minimum atomic E-state index is -0.336. The SMILES string of the molecule is CCC(=O)c1cc2cc(-c3c(C)noc3C)c(OC)cc2n(Cc2ccccn2)c1=O. The number of methoxy groups -OCH3 is 1. The molecule has 0 radical (unpaired) electrons. The van der Waals surface area contributed by atoms with E-state index >= 15 is 0 Å². The van der Waals surface area contributed by atoms with Crippen molar-refractivity contribution in [2.75, 3.05) is 7.11 Å². The number of nitrogens with zero attached hydrogens (tertiary/aromatic N) is 3. The fourth-order valence-corrected chi connectivity index (χ4v) is 3.84. The Kier molecular flexibility index (Phi) is 5.42. The van der Waals surface area contributed by atoms with Gasteiger partial charge >= 0.3 is 0 Å². The first-order valence-corrected chi connectivity index (χ1v) is 10.1. The maximum absolute atomic E-state index is 13.3. The van der Waals surface area contributed by atoms with Gasteiger partial charge < -0.3 is 13.8 Å². The van der Waals surface area contributed by atoms with Crippen LogP contribution in [0.15, 0.2) is 51.9 Å². The fourth-order valence-electron chi connectivity index (χ4n) is 3.84. The van der Waals surface area contributed by atoms with Crippen molar-refractivity contribution in [1.29, 1.82) is 0 Å². The molecule has 7 heteroatoms. The van der Waals surface area contributed by atoms with Crippen LogP contribution in [0.5, 0.6) is 5.75 Å². The van der Waals surface area contributed by atoms with Crippen LogP contribution < -0.4 is 10.3 Å². The van der Waals surface area contributed by atoms with Crippen LogP contribution in [0.25, 0.3) is 22.0 Å². The van der Waals surface area contributed by atoms with Gasteiger partial charge in [0.2, 0.25) is 0 Å². The number of aryl methyl sites for hydroxylation is 2. The number of pyridine rings is 2. The van der Waals surface area contributed by atoms with Gasteiger partial charge in [-0.2, -0.15) is 0 Å². The zero-order valence-electron chi connectivity index (χ0n) is 17.9. The van der Waals surface area contributed by atoms with E-state index in [2.05, 4.69) is 10.1 Å². The van der Waals surface area contributed by atoms with Crippen molar-refractivity contribution >= 4 is 16.7 Å². The topological polar surface area (TPSA) is 87.2 Å². The molecule has 4 rings (SSSR count). The lowest BCUT2D eigenvalue weighted by molar-refractivity contribution is 0.0986. The first-order chi connectivity index (χ1) is 14.9. The van der Waals surface area contributed by atoms with Crippen molar-refractivity contribution in [3.05, 3.63) is 75.7 Å². The Hall–Kier alpha value is -3.74. The number of carbonyl (C=O) groups excluding carboxylic acids is 1. The number of ether oxygens (including phenoxy) is 1. The maximum atomic E-state index is 13.3. The molecule has 7 nitrogen and oxygen atoms in total. The van der Waals surface area contributed by atoms with E-state index < -0.39 is 0 Å². The summed E-state index contributed by atoms with van der Waals surface area (Å²) in [6.45, 7) is 5.70. The quantitative estimate of drug-likeness (QED) is 0.434. The van der Waals surface area contributed by atoms with Crippen molar-refractivity contribution in [2.45, 2.75) is 33.7 Å². The van der Waals surface area contributed by atoms with Crippen LogP contribution in [0.3, 0.4) is 0 Å². The van der Waals surface area contributed by atoms with Crippen molar-refractivity contribution in [3.8, 4) is 16.9 Å². The minimum absolute atomic E-state index is 0.167. The Balaban J connectivity index is 2.04. The molecule has 0 saturated carbocycles. The number of fused-ring (bicyclic) bond motifs is 1. The highest BCUT2D eigenvalue weighted by atomic mass is 16.5. The molecule has 0 amide bonds. The molecule has 0 spiro atoms. The second-order valence-corrected chi connectivity index (χ2v) is 7.36. The number of hydrogen-bond acceptors (Lipinski definition) is 6. The molecular formula is C24H23N3O4. The van der Waals surface area contributed by atoms with Gasteiger partial charge in [0.1, 0.15) is 11.5 Å². The molecule has 0 bridgehead atoms. The Labute approximate surface area is 179 Å². The third-order valence-electron chi connectivity index (χ3n) is 5.39. The van der Waals surface area contributed by atoms with E-state index in [0.29, 0.717) is 17.0 Å². The molecule has 4 aromatic rings. The van der Waals surface area contributed by atoms with E-state index in [9.17, 15) is 9.59 Å². The van der Waals surface area contributed by atoms with E-state index in [0.717, 1.165) is 27.9 Å². The second kappa shape index (κ2) is 8.18. The molecule has 0 aliphatic heterocycles. The maximum Gasteiger partial charge on any atom is 0.262 e. The summed E-state index contributed by atoms with van der Waals surface area (Å²) in [5, 5.41) is 4.80. The monoisotopic (exact) mass is 417 g/mol. The summed E-state index contributed by atoms with van der Waals surface area (Å²) in [4.78, 5) is 30.2. The Morgan fingerprint density at radius 3 is 2.61 bits per heavy atom. The minimum Gasteiger partial charge on any atom is -0.496 e. The third-order valence-corrected chi connectivity index (χ3v) is 5.39. The highest BCUT2D eigenvalue weighted by Crippen LogP contribution is 2.37. The van der Waals surface area contributed by atoms with Crippen LogP contribution in [0.1, 0.15) is 40.9 Å². The van der Waals surface area contributed by atoms with Gasteiger partial charge in [-0.25, -0.2) is 0 Å². The molecule has 158 valence electrons. The molecule has 3 heterocycles. The van der Waals surface area contributed by atoms with Crippen LogP contribution in [0.2, 0.25) is 0 Å². The molecule has 0 aliphatic rings. The number of Topliss-reactive ketones (excluding diaryl/α,β-unsaturated/α-hetero) is 1. The van der Waals surface area contributed by atoms with Crippen molar-refractivity contribution < 1.29 is 14.1 Å². The normalized spacial score (nSPS) is 11.1. The molecule has 0 fully saturated rings. The van der Waals surface area contributed by atoms with Crippen LogP contribution in [0.4, 0.5) is 0 Å². The van der Waals surface area contributed by atoms with Gasteiger partial charge in [0, 0.05) is 29.6 Å². The van der Waals surface area contributed by atoms with Crippen LogP contribution in [0, 0.1) is 13.8 Å². The predicted molar refractivity (Wildman–Crippen MR) is 118 cm³/mol. The number of aromatic nitrogens is 3. The highest BCUT2D eigenvalue weighted by molar-refractivity contribution is 6.00. The third kappa shape index (κ3) is 3.63. The van der Waals surface area contributed by atoms with Gasteiger partial charge in [-0.15, -0.1) is 0 Å². The van der Waals surface area contributed by atoms with Crippen molar-refractivity contribution in [3.63, 3.8) is 0 Å². The summed E-state index contributed by atoms with van der Waals surface area (Å²) in [5.74, 6) is 1.06. The van der Waals surface area contributed by atoms with E-state index in [4.69, 9.17) is 9.26 Å². The van der Waals surface area contributed by atoms with Gasteiger partial charge in [-0.3, -0.25) is 14.6 Å². The number of benzene rings is 1. The van der Waals surface area contributed by atoms with Gasteiger partial charge in [-0.1, -0.05) is 18.1 Å². The molecule has 0 aliphatic carbocycles. The molecule has 3 aromatic heterocycles. The highest BCUT2D eigenvalue weighted by Gasteiger charge is 2.21. The zero-order chi connectivity index (χ0) is 22.1. The van der Waals surface area contributed by atoms with Gasteiger partial charge in [0.25, 0.3) is 5.56 Å². The first-order valence-electron chi connectivity index (χ1n) is 10.1. The summed E-state index contributed by atoms with van der Waals surface area (Å²) >= 11 is 0. The van der Waals surface area contributed by atoms with Gasteiger partial charge in [0.15, 0.2) is 5.78 Å². The lowest BCUT2D eigenvalue weighted by Crippen LogP contribution is -2.27. The summed E-state index contributed by atoms with van der Waals surface area (Å²) in [5.41, 5.74) is 3.59. The average Bonchev–Trinajstić information content (AvgIpc) is 3.12. The number of ketones is 1. The summed E-state index contributed by atoms with van der Waals surface area (Å²) in [6.07, 6.45) is 1.93. The molecule has 0 unspecified atom stereocenters. The first kappa shape index (κ1) is 20.5. The van der Waals surface area contributed by atoms with Crippen molar-refractivity contribution in [1.82, 2.24) is 14.7 Å². The van der Waals surface area contributed by atoms with Crippen LogP contribution in [-0.2, 0) is 6.54 Å². The lowest BCUT2D eigenvalue weighted by atomic mass is 9.99. The smallest absolute Gasteiger partial charge is 0.262 e. The Morgan fingerprint density at radius 2 is 2.00 bits per heavy atom. The molecule has 0 N–H and O–H groups in total. The molecule has 31 heavy (non-hydrogen) atoms. The van der Waals surface area contributed by atoms with Gasteiger partial charge in [-0.05, 0) is 38.1 Å². The van der Waals surface area contributed by atoms with Crippen LogP contribution >= 0.6 is 0 Å². The molecule has 0 atom stereocenters. The average molecular weight is 417 g/mol. The van der Waals surface area contributed by atoms with E-state index in [1.807, 2.05) is 44.2 Å². The largest absolute Gasteiger partial charge is 0.496 e.